The van der Waals surface area contributed by atoms with Crippen LogP contribution in [0.5, 0.6) is 5.75 Å². The van der Waals surface area contributed by atoms with Crippen LogP contribution >= 0.6 is 0 Å². The van der Waals surface area contributed by atoms with Gasteiger partial charge in [0, 0.05) is 47.6 Å². The Morgan fingerprint density at radius 1 is 1.28 bits per heavy atom. The standard InChI is InChI=1S/C23H27N3O3/c1-5-6-11-26-14-19(17-9-10-24-21(17)23(26)28)18-12-16(7-8-20(18)29-4)22(27)25-13-15(2)3/h5-10,12,14-15,24H,11,13H2,1-4H3,(H,25,27). The number of aromatic nitrogens is 2. The Morgan fingerprint density at radius 2 is 2.07 bits per heavy atom. The molecular formula is C23H27N3O3. The first-order valence-electron chi connectivity index (χ1n) is 9.74. The molecule has 0 bridgehead atoms. The quantitative estimate of drug-likeness (QED) is 0.597. The van der Waals surface area contributed by atoms with Crippen LogP contribution in [0.25, 0.3) is 22.0 Å². The van der Waals surface area contributed by atoms with E-state index in [1.165, 1.54) is 0 Å². The average molecular weight is 393 g/mol. The van der Waals surface area contributed by atoms with E-state index in [0.717, 1.165) is 16.5 Å². The summed E-state index contributed by atoms with van der Waals surface area (Å²) in [5, 5.41) is 3.74. The van der Waals surface area contributed by atoms with Crippen LogP contribution in [0.15, 0.2) is 53.6 Å². The van der Waals surface area contributed by atoms with Gasteiger partial charge in [-0.1, -0.05) is 26.0 Å². The van der Waals surface area contributed by atoms with Gasteiger partial charge in [-0.15, -0.1) is 0 Å². The Bertz CT molecular complexity index is 1110. The number of methoxy groups -OCH3 is 1. The second-order valence-corrected chi connectivity index (χ2v) is 7.35. The van der Waals surface area contributed by atoms with E-state index < -0.39 is 0 Å². The van der Waals surface area contributed by atoms with Crippen molar-refractivity contribution >= 4 is 16.8 Å². The van der Waals surface area contributed by atoms with Crippen molar-refractivity contribution in [3.63, 3.8) is 0 Å². The number of hydrogen-bond donors (Lipinski definition) is 2. The number of rotatable bonds is 7. The molecule has 0 aliphatic carbocycles. The van der Waals surface area contributed by atoms with Crippen molar-refractivity contribution in [2.45, 2.75) is 27.3 Å². The Labute approximate surface area is 170 Å². The van der Waals surface area contributed by atoms with Crippen molar-refractivity contribution in [3.05, 3.63) is 64.7 Å². The number of hydrogen-bond acceptors (Lipinski definition) is 3. The van der Waals surface area contributed by atoms with Crippen molar-refractivity contribution < 1.29 is 9.53 Å². The molecule has 0 spiro atoms. The first-order valence-corrected chi connectivity index (χ1v) is 9.74. The summed E-state index contributed by atoms with van der Waals surface area (Å²) in [5.41, 5.74) is 2.60. The fourth-order valence-corrected chi connectivity index (χ4v) is 3.23. The average Bonchev–Trinajstić information content (AvgIpc) is 3.21. The first kappa shape index (κ1) is 20.5. The van der Waals surface area contributed by atoms with Crippen LogP contribution in [0.2, 0.25) is 0 Å². The molecule has 1 aromatic carbocycles. The third-order valence-electron chi connectivity index (χ3n) is 4.76. The third-order valence-corrected chi connectivity index (χ3v) is 4.76. The topological polar surface area (TPSA) is 76.1 Å². The monoisotopic (exact) mass is 393 g/mol. The number of benzene rings is 1. The SMILES string of the molecule is CC=CCn1cc(-c2cc(C(=O)NCC(C)C)ccc2OC)c2cc[nH]c2c1=O. The second-order valence-electron chi connectivity index (χ2n) is 7.35. The lowest BCUT2D eigenvalue weighted by molar-refractivity contribution is 0.0949. The number of fused-ring (bicyclic) bond motifs is 1. The maximum Gasteiger partial charge on any atom is 0.275 e. The fourth-order valence-electron chi connectivity index (χ4n) is 3.23. The van der Waals surface area contributed by atoms with Gasteiger partial charge in [0.1, 0.15) is 11.3 Å². The largest absolute Gasteiger partial charge is 0.496 e. The van der Waals surface area contributed by atoms with Crippen LogP contribution in [0, 0.1) is 5.92 Å². The minimum Gasteiger partial charge on any atom is -0.496 e. The van der Waals surface area contributed by atoms with Crippen LogP contribution in [0.3, 0.4) is 0 Å². The van der Waals surface area contributed by atoms with Gasteiger partial charge in [0.25, 0.3) is 11.5 Å². The second kappa shape index (κ2) is 8.82. The maximum atomic E-state index is 12.8. The number of allylic oxidation sites excluding steroid dienone is 2. The van der Waals surface area contributed by atoms with Crippen LogP contribution in [0.1, 0.15) is 31.1 Å². The third kappa shape index (κ3) is 4.26. The molecule has 152 valence electrons. The van der Waals surface area contributed by atoms with E-state index in [1.807, 2.05) is 37.4 Å². The van der Waals surface area contributed by atoms with Crippen molar-refractivity contribution in [1.29, 1.82) is 0 Å². The zero-order valence-electron chi connectivity index (χ0n) is 17.3. The molecule has 6 nitrogen and oxygen atoms in total. The number of amides is 1. The molecule has 2 heterocycles. The highest BCUT2D eigenvalue weighted by molar-refractivity contribution is 6.00. The minimum atomic E-state index is -0.129. The predicted molar refractivity (Wildman–Crippen MR) is 117 cm³/mol. The highest BCUT2D eigenvalue weighted by atomic mass is 16.5. The van der Waals surface area contributed by atoms with Crippen molar-refractivity contribution in [1.82, 2.24) is 14.9 Å². The van der Waals surface area contributed by atoms with Crippen LogP contribution in [-0.4, -0.2) is 29.1 Å². The van der Waals surface area contributed by atoms with Crippen molar-refractivity contribution in [2.24, 2.45) is 5.92 Å². The number of carbonyl (C=O) groups is 1. The van der Waals surface area contributed by atoms with E-state index >= 15 is 0 Å². The molecule has 0 fully saturated rings. The molecule has 3 rings (SSSR count). The van der Waals surface area contributed by atoms with E-state index in [4.69, 9.17) is 4.74 Å². The molecule has 2 aromatic heterocycles. The number of pyridine rings is 1. The van der Waals surface area contributed by atoms with Gasteiger partial charge in [-0.3, -0.25) is 9.59 Å². The summed E-state index contributed by atoms with van der Waals surface area (Å²) in [6.45, 7) is 7.10. The van der Waals surface area contributed by atoms with E-state index in [9.17, 15) is 9.59 Å². The van der Waals surface area contributed by atoms with Gasteiger partial charge < -0.3 is 19.6 Å². The summed E-state index contributed by atoms with van der Waals surface area (Å²) in [4.78, 5) is 28.4. The molecule has 3 aromatic rings. The normalized spacial score (nSPS) is 11.5. The number of ether oxygens (including phenoxy) is 1. The number of H-pyrrole nitrogens is 1. The highest BCUT2D eigenvalue weighted by Gasteiger charge is 2.17. The number of aromatic amines is 1. The Balaban J connectivity index is 2.16. The number of carbonyl (C=O) groups excluding carboxylic acids is 1. The van der Waals surface area contributed by atoms with Crippen LogP contribution < -0.4 is 15.6 Å². The van der Waals surface area contributed by atoms with E-state index in [2.05, 4.69) is 24.1 Å². The van der Waals surface area contributed by atoms with Crippen molar-refractivity contribution in [3.8, 4) is 16.9 Å². The molecular weight excluding hydrogens is 366 g/mol. The molecule has 0 saturated heterocycles. The molecule has 0 unspecified atom stereocenters. The predicted octanol–water partition coefficient (Wildman–Crippen LogP) is 3.97. The molecule has 1 amide bonds. The molecule has 0 atom stereocenters. The summed E-state index contributed by atoms with van der Waals surface area (Å²) in [6, 6.07) is 7.24. The Hall–Kier alpha value is -3.28. The smallest absolute Gasteiger partial charge is 0.275 e. The number of nitrogens with one attached hydrogen (secondary N) is 2. The van der Waals surface area contributed by atoms with E-state index in [0.29, 0.717) is 35.8 Å². The van der Waals surface area contributed by atoms with Crippen LogP contribution in [0.4, 0.5) is 0 Å². The summed E-state index contributed by atoms with van der Waals surface area (Å²) in [6.07, 6.45) is 7.41. The fraction of sp³-hybridized carbons (Fsp3) is 0.304. The summed E-state index contributed by atoms with van der Waals surface area (Å²) >= 11 is 0. The number of nitrogens with zero attached hydrogens (tertiary/aromatic N) is 1. The molecule has 0 aliphatic rings. The Morgan fingerprint density at radius 3 is 2.76 bits per heavy atom. The van der Waals surface area contributed by atoms with Gasteiger partial charge in [-0.05, 0) is 37.1 Å². The van der Waals surface area contributed by atoms with Gasteiger partial charge >= 0.3 is 0 Å². The van der Waals surface area contributed by atoms with Gasteiger partial charge in [0.15, 0.2) is 0 Å². The minimum absolute atomic E-state index is 0.0864. The van der Waals surface area contributed by atoms with Gasteiger partial charge in [0.2, 0.25) is 0 Å². The summed E-state index contributed by atoms with van der Waals surface area (Å²) in [7, 11) is 1.60. The first-order chi connectivity index (χ1) is 14.0. The lowest BCUT2D eigenvalue weighted by Crippen LogP contribution is -2.27. The van der Waals surface area contributed by atoms with E-state index in [1.54, 1.807) is 30.0 Å². The van der Waals surface area contributed by atoms with Gasteiger partial charge in [-0.25, -0.2) is 0 Å². The van der Waals surface area contributed by atoms with E-state index in [-0.39, 0.29) is 11.5 Å². The summed E-state index contributed by atoms with van der Waals surface area (Å²) in [5.74, 6) is 0.880. The van der Waals surface area contributed by atoms with Crippen molar-refractivity contribution in [2.75, 3.05) is 13.7 Å². The van der Waals surface area contributed by atoms with Gasteiger partial charge in [-0.2, -0.15) is 0 Å². The van der Waals surface area contributed by atoms with Crippen LogP contribution in [-0.2, 0) is 6.54 Å². The molecule has 29 heavy (non-hydrogen) atoms. The van der Waals surface area contributed by atoms with Gasteiger partial charge in [0.05, 0.1) is 7.11 Å². The summed E-state index contributed by atoms with van der Waals surface area (Å²) < 4.78 is 7.22. The Kier molecular flexibility index (Phi) is 6.22. The maximum absolute atomic E-state index is 12.8. The zero-order valence-corrected chi connectivity index (χ0v) is 17.3. The lowest BCUT2D eigenvalue weighted by atomic mass is 10.00. The molecule has 0 aliphatic heterocycles. The molecule has 0 saturated carbocycles. The molecule has 2 N–H and O–H groups in total. The molecule has 0 radical (unpaired) electrons. The lowest BCUT2D eigenvalue weighted by Gasteiger charge is -2.14. The highest BCUT2D eigenvalue weighted by Crippen LogP contribution is 2.34. The zero-order chi connectivity index (χ0) is 21.0. The molecule has 6 heteroatoms.